The molecule has 0 spiro atoms. The fourth-order valence-electron chi connectivity index (χ4n) is 4.42. The van der Waals surface area contributed by atoms with Gasteiger partial charge in [0.25, 0.3) is 0 Å². The molecule has 4 nitrogen and oxygen atoms in total. The molecule has 4 rings (SSSR count). The Hall–Kier alpha value is -3.23. The molecule has 1 fully saturated rings. The van der Waals surface area contributed by atoms with Crippen molar-refractivity contribution >= 4 is 5.97 Å². The fraction of sp³-hybridized carbons (Fsp3) is 0.321. The molecule has 0 radical (unpaired) electrons. The summed E-state index contributed by atoms with van der Waals surface area (Å²) >= 11 is 0. The highest BCUT2D eigenvalue weighted by molar-refractivity contribution is 5.91. The van der Waals surface area contributed by atoms with Crippen molar-refractivity contribution in [2.24, 2.45) is 0 Å². The van der Waals surface area contributed by atoms with Crippen molar-refractivity contribution in [3.05, 3.63) is 88.5 Å². The molecule has 0 unspecified atom stereocenters. The van der Waals surface area contributed by atoms with Crippen molar-refractivity contribution in [3.8, 4) is 16.9 Å². The Morgan fingerprint density at radius 2 is 1.56 bits per heavy atom. The summed E-state index contributed by atoms with van der Waals surface area (Å²) < 4.78 is 68.7. The smallest absolute Gasteiger partial charge is 0.346 e. The molecule has 1 saturated carbocycles. The van der Waals surface area contributed by atoms with E-state index < -0.39 is 40.9 Å². The van der Waals surface area contributed by atoms with E-state index in [9.17, 15) is 27.5 Å². The van der Waals surface area contributed by atoms with Crippen LogP contribution >= 0.6 is 0 Å². The van der Waals surface area contributed by atoms with E-state index in [1.165, 1.54) is 48.5 Å². The van der Waals surface area contributed by atoms with Gasteiger partial charge in [0.05, 0.1) is 18.3 Å². The van der Waals surface area contributed by atoms with Gasteiger partial charge >= 0.3 is 5.97 Å². The number of aliphatic hydroxyl groups is 1. The molecular weight excluding hydrogens is 476 g/mol. The molecule has 0 atom stereocenters. The van der Waals surface area contributed by atoms with Crippen LogP contribution in [0.3, 0.4) is 0 Å². The number of rotatable bonds is 7. The summed E-state index contributed by atoms with van der Waals surface area (Å²) in [7, 11) is 0. The van der Waals surface area contributed by atoms with E-state index in [1.54, 1.807) is 6.92 Å². The van der Waals surface area contributed by atoms with Crippen LogP contribution in [0, 0.1) is 23.3 Å². The second kappa shape index (κ2) is 11.2. The molecule has 0 aliphatic heterocycles. The van der Waals surface area contributed by atoms with Crippen molar-refractivity contribution in [2.45, 2.75) is 51.2 Å². The molecule has 190 valence electrons. The first-order chi connectivity index (χ1) is 17.3. The monoisotopic (exact) mass is 502 g/mol. The average Bonchev–Trinajstić information content (AvgIpc) is 2.88. The van der Waals surface area contributed by atoms with Crippen molar-refractivity contribution in [1.29, 1.82) is 0 Å². The third kappa shape index (κ3) is 5.44. The zero-order chi connectivity index (χ0) is 25.8. The number of ether oxygens (including phenoxy) is 2. The zero-order valence-electron chi connectivity index (χ0n) is 19.7. The molecule has 3 aromatic carbocycles. The molecule has 0 amide bonds. The van der Waals surface area contributed by atoms with Crippen LogP contribution in [0.1, 0.15) is 60.0 Å². The highest BCUT2D eigenvalue weighted by atomic mass is 19.2. The maximum Gasteiger partial charge on any atom is 0.346 e. The first kappa shape index (κ1) is 25.9. The number of hydrogen-bond acceptors (Lipinski definition) is 4. The number of halogens is 4. The Kier molecular flexibility index (Phi) is 8.06. The standard InChI is InChI=1S/C28H26F4O4/c1-2-35-15-18-7-12-21(25(30)24(18)29)17-5-10-20(11-6-17)36-28(34)23-14-13-22(26(31)27(23)32)16-3-8-19(33)9-4-16/h5-7,10-14,16,19,33H,2-4,8-9,15H2,1H3. The Labute approximate surface area is 206 Å². The fourth-order valence-corrected chi connectivity index (χ4v) is 4.42. The molecule has 0 heterocycles. The SMILES string of the molecule is CCOCc1ccc(-c2ccc(OC(=O)c3ccc(C4CCC(O)CC4)c(F)c3F)cc2)c(F)c1F. The molecule has 0 saturated heterocycles. The van der Waals surface area contributed by atoms with E-state index in [0.717, 1.165) is 0 Å². The van der Waals surface area contributed by atoms with Gasteiger partial charge < -0.3 is 14.6 Å². The van der Waals surface area contributed by atoms with Crippen molar-refractivity contribution in [1.82, 2.24) is 0 Å². The lowest BCUT2D eigenvalue weighted by Gasteiger charge is -2.26. The topological polar surface area (TPSA) is 55.8 Å². The van der Waals surface area contributed by atoms with Crippen LogP contribution < -0.4 is 4.74 Å². The summed E-state index contributed by atoms with van der Waals surface area (Å²) in [6, 6.07) is 11.0. The summed E-state index contributed by atoms with van der Waals surface area (Å²) in [5.74, 6) is -5.68. The van der Waals surface area contributed by atoms with Gasteiger partial charge in [-0.3, -0.25) is 0 Å². The summed E-state index contributed by atoms with van der Waals surface area (Å²) in [6.07, 6.45) is 1.67. The van der Waals surface area contributed by atoms with Crippen LogP contribution in [0.5, 0.6) is 5.75 Å². The van der Waals surface area contributed by atoms with E-state index in [4.69, 9.17) is 9.47 Å². The first-order valence-electron chi connectivity index (χ1n) is 11.8. The van der Waals surface area contributed by atoms with Gasteiger partial charge in [0.1, 0.15) is 5.75 Å². The predicted molar refractivity (Wildman–Crippen MR) is 126 cm³/mol. The lowest BCUT2D eigenvalue weighted by molar-refractivity contribution is 0.0728. The minimum atomic E-state index is -1.29. The molecule has 1 N–H and O–H groups in total. The van der Waals surface area contributed by atoms with Gasteiger partial charge in [-0.1, -0.05) is 30.3 Å². The van der Waals surface area contributed by atoms with Crippen LogP contribution in [0.4, 0.5) is 17.6 Å². The van der Waals surface area contributed by atoms with Crippen LogP contribution in [0.15, 0.2) is 48.5 Å². The molecule has 3 aromatic rings. The number of esters is 1. The lowest BCUT2D eigenvalue weighted by atomic mass is 9.82. The Bertz CT molecular complexity index is 1240. The van der Waals surface area contributed by atoms with E-state index >= 15 is 0 Å². The van der Waals surface area contributed by atoms with Gasteiger partial charge in [-0.2, -0.15) is 0 Å². The highest BCUT2D eigenvalue weighted by Gasteiger charge is 2.27. The minimum absolute atomic E-state index is 0.0181. The van der Waals surface area contributed by atoms with E-state index in [0.29, 0.717) is 37.9 Å². The molecule has 1 aliphatic carbocycles. The van der Waals surface area contributed by atoms with Gasteiger partial charge in [-0.15, -0.1) is 0 Å². The van der Waals surface area contributed by atoms with E-state index in [1.807, 2.05) is 0 Å². The summed E-state index contributed by atoms with van der Waals surface area (Å²) in [5, 5.41) is 9.63. The summed E-state index contributed by atoms with van der Waals surface area (Å²) in [6.45, 7) is 2.08. The van der Waals surface area contributed by atoms with Gasteiger partial charge in [-0.25, -0.2) is 22.4 Å². The largest absolute Gasteiger partial charge is 0.423 e. The number of carbonyl (C=O) groups excluding carboxylic acids is 1. The quantitative estimate of drug-likeness (QED) is 0.222. The van der Waals surface area contributed by atoms with E-state index in [-0.39, 0.29) is 35.0 Å². The maximum absolute atomic E-state index is 14.7. The van der Waals surface area contributed by atoms with Gasteiger partial charge in [0.2, 0.25) is 0 Å². The highest BCUT2D eigenvalue weighted by Crippen LogP contribution is 2.35. The normalized spacial score (nSPS) is 17.7. The molecule has 0 aromatic heterocycles. The average molecular weight is 503 g/mol. The Morgan fingerprint density at radius 1 is 0.861 bits per heavy atom. The third-order valence-corrected chi connectivity index (χ3v) is 6.47. The minimum Gasteiger partial charge on any atom is -0.423 e. The molecule has 1 aliphatic rings. The van der Waals surface area contributed by atoms with Gasteiger partial charge in [0.15, 0.2) is 23.3 Å². The third-order valence-electron chi connectivity index (χ3n) is 6.47. The van der Waals surface area contributed by atoms with Crippen LogP contribution in [0.2, 0.25) is 0 Å². The van der Waals surface area contributed by atoms with Crippen molar-refractivity contribution in [3.63, 3.8) is 0 Å². The van der Waals surface area contributed by atoms with E-state index in [2.05, 4.69) is 0 Å². The van der Waals surface area contributed by atoms with Gasteiger partial charge in [0, 0.05) is 17.7 Å². The summed E-state index contributed by atoms with van der Waals surface area (Å²) in [4.78, 5) is 12.5. The molecular formula is C28H26F4O4. The first-order valence-corrected chi connectivity index (χ1v) is 11.8. The molecule has 36 heavy (non-hydrogen) atoms. The summed E-state index contributed by atoms with van der Waals surface area (Å²) in [5.41, 5.74) is 0.0962. The van der Waals surface area contributed by atoms with Crippen molar-refractivity contribution in [2.75, 3.05) is 6.61 Å². The predicted octanol–water partition coefficient (Wildman–Crippen LogP) is 6.68. The molecule has 8 heteroatoms. The number of aliphatic hydroxyl groups excluding tert-OH is 1. The zero-order valence-corrected chi connectivity index (χ0v) is 19.7. The Morgan fingerprint density at radius 3 is 2.22 bits per heavy atom. The number of carbonyl (C=O) groups is 1. The lowest BCUT2D eigenvalue weighted by Crippen LogP contribution is -2.19. The Balaban J connectivity index is 1.48. The number of hydrogen-bond donors (Lipinski definition) is 1. The van der Waals surface area contributed by atoms with Crippen LogP contribution in [-0.4, -0.2) is 23.8 Å². The molecule has 0 bridgehead atoms. The second-order valence-electron chi connectivity index (χ2n) is 8.79. The van der Waals surface area contributed by atoms with Gasteiger partial charge in [-0.05, 0) is 67.9 Å². The van der Waals surface area contributed by atoms with Crippen molar-refractivity contribution < 1.29 is 36.9 Å². The maximum atomic E-state index is 14.7. The van der Waals surface area contributed by atoms with Crippen LogP contribution in [-0.2, 0) is 11.3 Å². The van der Waals surface area contributed by atoms with Crippen LogP contribution in [0.25, 0.3) is 11.1 Å². The second-order valence-corrected chi connectivity index (χ2v) is 8.79. The number of benzene rings is 3.